The number of sulfone groups is 1. The van der Waals surface area contributed by atoms with Gasteiger partial charge in [0, 0.05) is 24.0 Å². The fraction of sp³-hybridized carbons (Fsp3) is 0.0526. The number of nitrogens with zero attached hydrogens (tertiary/aromatic N) is 1. The van der Waals surface area contributed by atoms with E-state index in [0.29, 0.717) is 5.56 Å². The first-order valence-corrected chi connectivity index (χ1v) is 18.6. The van der Waals surface area contributed by atoms with Crippen molar-refractivity contribution in [2.45, 2.75) is 11.4 Å². The van der Waals surface area contributed by atoms with Crippen LogP contribution in [-0.2, 0) is 16.4 Å². The van der Waals surface area contributed by atoms with Gasteiger partial charge in [0.15, 0.2) is 92.0 Å². The number of benzene rings is 5. The predicted molar refractivity (Wildman–Crippen MR) is 180 cm³/mol. The van der Waals surface area contributed by atoms with E-state index < -0.39 is 154 Å². The van der Waals surface area contributed by atoms with Crippen molar-refractivity contribution >= 4 is 43.6 Å². The molecule has 1 aromatic heterocycles. The number of aromatic nitrogens is 1. The monoisotopic (exact) mass is 955 g/mol. The first kappa shape index (κ1) is 48.6. The van der Waals surface area contributed by atoms with Crippen molar-refractivity contribution in [2.75, 3.05) is 6.26 Å². The number of halogens is 20. The van der Waals surface area contributed by atoms with Crippen molar-refractivity contribution in [3.63, 3.8) is 0 Å². The second kappa shape index (κ2) is 17.6. The molecule has 338 valence electrons. The normalized spacial score (nSPS) is 11.8. The Morgan fingerprint density at radius 1 is 0.406 bits per heavy atom. The van der Waals surface area contributed by atoms with E-state index in [9.17, 15) is 65.9 Å². The molecule has 4 nitrogen and oxygen atoms in total. The lowest BCUT2D eigenvalue weighted by atomic mass is 9.12. The summed E-state index contributed by atoms with van der Waals surface area (Å²) in [6.07, 6.45) is -2.46. The zero-order chi connectivity index (χ0) is 48.2. The van der Waals surface area contributed by atoms with Crippen LogP contribution in [0.5, 0.6) is 0 Å². The molecule has 6 rings (SSSR count). The van der Waals surface area contributed by atoms with Crippen LogP contribution in [0.3, 0.4) is 0 Å². The largest absolute Gasteiger partial charge is 0.287 e. The quantitative estimate of drug-likeness (QED) is 0.0409. The minimum absolute atomic E-state index is 0.0590. The molecule has 5 aromatic carbocycles. The van der Waals surface area contributed by atoms with E-state index in [4.69, 9.17) is 0 Å². The minimum atomic E-state index is -7.22. The number of carbonyl (C=O) groups excluding carboxylic acids is 1. The molecule has 26 heteroatoms. The highest BCUT2D eigenvalue weighted by molar-refractivity contribution is 7.90. The molecule has 0 fully saturated rings. The van der Waals surface area contributed by atoms with Crippen molar-refractivity contribution in [3.8, 4) is 0 Å². The van der Waals surface area contributed by atoms with Crippen LogP contribution in [0.25, 0.3) is 0 Å². The molecule has 64 heavy (non-hydrogen) atoms. The van der Waals surface area contributed by atoms with Gasteiger partial charge in [0.2, 0.25) is 12.3 Å². The molecule has 0 saturated heterocycles. The molecule has 0 bridgehead atoms. The number of hydrogen-bond donors (Lipinski definition) is 0. The SMILES string of the molecule is CS(=O)(=O)c1ccc(C(=O)C[n+]2ccccc2)cc1.Fc1c(F)c(F)c([B-](c2c(F)c(F)c(F)c(F)c2F)(c2c(F)c(F)c(F)c(F)c2F)c2c(F)c(F)c(F)c(F)c2F)c(F)c1F. The average molecular weight is 955 g/mol. The molecule has 0 spiro atoms. The molecule has 0 aliphatic carbocycles. The van der Waals surface area contributed by atoms with Gasteiger partial charge >= 0.3 is 0 Å². The summed E-state index contributed by atoms with van der Waals surface area (Å²) >= 11 is 0. The van der Waals surface area contributed by atoms with Crippen LogP contribution in [0.1, 0.15) is 10.4 Å². The number of hydrogen-bond acceptors (Lipinski definition) is 3. The Labute approximate surface area is 343 Å². The van der Waals surface area contributed by atoms with Crippen LogP contribution in [-0.4, -0.2) is 26.6 Å². The lowest BCUT2D eigenvalue weighted by Gasteiger charge is -2.44. The van der Waals surface area contributed by atoms with E-state index in [1.165, 1.54) is 12.1 Å². The molecule has 0 aliphatic heterocycles. The van der Waals surface area contributed by atoms with Crippen LogP contribution < -0.4 is 26.4 Å². The van der Waals surface area contributed by atoms with Gasteiger partial charge in [-0.15, -0.1) is 21.9 Å². The summed E-state index contributed by atoms with van der Waals surface area (Å²) in [6.45, 7) is 0.235. The molecule has 0 amide bonds. The Hall–Kier alpha value is -6.47. The number of pyridine rings is 1. The van der Waals surface area contributed by atoms with Crippen molar-refractivity contribution in [2.24, 2.45) is 0 Å². The van der Waals surface area contributed by atoms with E-state index in [0.717, 1.165) is 6.26 Å². The first-order chi connectivity index (χ1) is 29.7. The van der Waals surface area contributed by atoms with Crippen LogP contribution >= 0.6 is 0 Å². The van der Waals surface area contributed by atoms with E-state index in [1.54, 1.807) is 16.7 Å². The first-order valence-electron chi connectivity index (χ1n) is 16.7. The van der Waals surface area contributed by atoms with Gasteiger partial charge in [0.1, 0.15) is 52.7 Å². The summed E-state index contributed by atoms with van der Waals surface area (Å²) < 4.78 is 318. The lowest BCUT2D eigenvalue weighted by Crippen LogP contribution is -2.81. The van der Waals surface area contributed by atoms with Crippen molar-refractivity contribution in [1.82, 2.24) is 0 Å². The Bertz CT molecular complexity index is 2630. The summed E-state index contributed by atoms with van der Waals surface area (Å²) in [5.41, 5.74) is -13.8. The van der Waals surface area contributed by atoms with E-state index in [2.05, 4.69) is 0 Å². The van der Waals surface area contributed by atoms with Crippen LogP contribution in [0.4, 0.5) is 87.8 Å². The van der Waals surface area contributed by atoms with Gasteiger partial charge in [0.05, 0.1) is 4.90 Å². The maximum atomic E-state index is 15.4. The Balaban J connectivity index is 0.000000337. The molecule has 0 aliphatic rings. The molecule has 0 N–H and O–H groups in total. The maximum absolute atomic E-state index is 15.4. The van der Waals surface area contributed by atoms with Gasteiger partial charge in [-0.2, -0.15) is 4.57 Å². The van der Waals surface area contributed by atoms with Crippen LogP contribution in [0.15, 0.2) is 59.8 Å². The van der Waals surface area contributed by atoms with Crippen molar-refractivity contribution < 1.29 is 106 Å². The van der Waals surface area contributed by atoms with Gasteiger partial charge in [-0.25, -0.2) is 96.2 Å². The van der Waals surface area contributed by atoms with Gasteiger partial charge in [-0.3, -0.25) is 4.79 Å². The zero-order valence-corrected chi connectivity index (χ0v) is 31.4. The van der Waals surface area contributed by atoms with Gasteiger partial charge in [-0.05, 0) is 24.3 Å². The second-order valence-electron chi connectivity index (χ2n) is 13.1. The van der Waals surface area contributed by atoms with E-state index in [-0.39, 0.29) is 17.2 Å². The predicted octanol–water partition coefficient (Wildman–Crippen LogP) is 7.11. The molecule has 0 radical (unpaired) electrons. The highest BCUT2D eigenvalue weighted by Crippen LogP contribution is 2.31. The molecule has 0 unspecified atom stereocenters. The fourth-order valence-electron chi connectivity index (χ4n) is 6.56. The summed E-state index contributed by atoms with van der Waals surface area (Å²) in [4.78, 5) is 12.2. The van der Waals surface area contributed by atoms with Gasteiger partial charge in [0.25, 0.3) is 0 Å². The topological polar surface area (TPSA) is 55.1 Å². The third-order valence-corrected chi connectivity index (χ3v) is 10.5. The Kier molecular flexibility index (Phi) is 13.4. The van der Waals surface area contributed by atoms with Crippen molar-refractivity contribution in [3.05, 3.63) is 177 Å². The highest BCUT2D eigenvalue weighted by atomic mass is 32.2. The Morgan fingerprint density at radius 2 is 0.641 bits per heavy atom. The Morgan fingerprint density at radius 3 is 0.875 bits per heavy atom. The zero-order valence-electron chi connectivity index (χ0n) is 30.6. The number of ketones is 1. The van der Waals surface area contributed by atoms with Crippen LogP contribution in [0, 0.1) is 116 Å². The second-order valence-corrected chi connectivity index (χ2v) is 15.1. The highest BCUT2D eigenvalue weighted by Gasteiger charge is 2.52. The number of carbonyl (C=O) groups is 1. The molecule has 0 saturated carbocycles. The molecular formula is C38H14BF20NO3S. The standard InChI is InChI=1S/C24BF20.C14H14NO3S/c26-5-1(6(27)14(35)21(42)13(5)34)25(2-7(28)15(36)22(43)16(37)8(2)29,3-9(30)17(38)23(44)18(39)10(3)31)4-11(32)19(40)24(45)20(41)12(4)33;1-19(17,18)13-7-5-12(6-8-13)14(16)11-15-9-3-2-4-10-15/h;2-10H,11H2,1H3/q-1;+1. The van der Waals surface area contributed by atoms with Gasteiger partial charge in [-0.1, -0.05) is 6.07 Å². The lowest BCUT2D eigenvalue weighted by molar-refractivity contribution is -0.683. The smallest absolute Gasteiger partial charge is 0.227 e. The maximum Gasteiger partial charge on any atom is 0.227 e. The average Bonchev–Trinajstić information content (AvgIpc) is 3.26. The number of rotatable bonds is 8. The fourth-order valence-corrected chi connectivity index (χ4v) is 7.19. The van der Waals surface area contributed by atoms with E-state index in [1.807, 2.05) is 30.6 Å². The van der Waals surface area contributed by atoms with Crippen molar-refractivity contribution in [1.29, 1.82) is 0 Å². The van der Waals surface area contributed by atoms with E-state index >= 15 is 35.1 Å². The number of Topliss-reactive ketones (excluding diaryl/α,β-unsaturated/α-hetero) is 1. The summed E-state index contributed by atoms with van der Waals surface area (Å²) in [5, 5.41) is 0. The van der Waals surface area contributed by atoms with Crippen LogP contribution in [0.2, 0.25) is 0 Å². The molecular weight excluding hydrogens is 941 g/mol. The third kappa shape index (κ3) is 7.80. The van der Waals surface area contributed by atoms with Gasteiger partial charge < -0.3 is 0 Å². The molecule has 1 heterocycles. The molecule has 0 atom stereocenters. The minimum Gasteiger partial charge on any atom is -0.287 e. The molecule has 6 aromatic rings. The summed E-state index contributed by atoms with van der Waals surface area (Å²) in [5.74, 6) is -71.5. The summed E-state index contributed by atoms with van der Waals surface area (Å²) in [7, 11) is -3.22. The summed E-state index contributed by atoms with van der Waals surface area (Å²) in [6, 6.07) is 11.6. The third-order valence-electron chi connectivity index (χ3n) is 9.42.